The number of anilines is 1. The van der Waals surface area contributed by atoms with Crippen molar-refractivity contribution < 1.29 is 0 Å². The number of nitrogens with zero attached hydrogens (tertiary/aromatic N) is 5. The quantitative estimate of drug-likeness (QED) is 0.534. The van der Waals surface area contributed by atoms with Crippen molar-refractivity contribution in [3.63, 3.8) is 0 Å². The molecule has 0 saturated heterocycles. The van der Waals surface area contributed by atoms with Crippen LogP contribution in [0.15, 0.2) is 83.6 Å². The Morgan fingerprint density at radius 3 is 2.70 bits per heavy atom. The van der Waals surface area contributed by atoms with Gasteiger partial charge in [-0.1, -0.05) is 19.2 Å². The summed E-state index contributed by atoms with van der Waals surface area (Å²) in [5, 5.41) is 9.49. The second-order valence-corrected chi connectivity index (χ2v) is 8.62. The van der Waals surface area contributed by atoms with Crippen LogP contribution in [0.4, 0.5) is 5.82 Å². The van der Waals surface area contributed by atoms with E-state index in [0.29, 0.717) is 0 Å². The maximum absolute atomic E-state index is 4.81. The molecule has 0 amide bonds. The molecule has 33 heavy (non-hydrogen) atoms. The van der Waals surface area contributed by atoms with Gasteiger partial charge in [-0.3, -0.25) is 0 Å². The molecule has 0 bridgehead atoms. The average Bonchev–Trinajstić information content (AvgIpc) is 2.79. The van der Waals surface area contributed by atoms with Gasteiger partial charge in [-0.05, 0) is 82.3 Å². The van der Waals surface area contributed by atoms with Crippen molar-refractivity contribution in [2.24, 2.45) is 5.10 Å². The maximum Gasteiger partial charge on any atom is 0.130 e. The van der Waals surface area contributed by atoms with Crippen LogP contribution < -0.4 is 5.32 Å². The van der Waals surface area contributed by atoms with E-state index >= 15 is 0 Å². The molecule has 6 heteroatoms. The van der Waals surface area contributed by atoms with Gasteiger partial charge in [-0.15, -0.1) is 0 Å². The van der Waals surface area contributed by atoms with E-state index in [0.717, 1.165) is 65.5 Å². The van der Waals surface area contributed by atoms with Crippen molar-refractivity contribution in [3.8, 4) is 0 Å². The van der Waals surface area contributed by atoms with Crippen LogP contribution in [0.25, 0.3) is 5.57 Å². The molecular formula is C27H36N6. The van der Waals surface area contributed by atoms with Gasteiger partial charge in [-0.2, -0.15) is 5.10 Å². The molecule has 1 aliphatic heterocycles. The Bertz CT molecular complexity index is 1050. The summed E-state index contributed by atoms with van der Waals surface area (Å²) in [6, 6.07) is 4.10. The Balaban J connectivity index is 1.69. The standard InChI is InChI=1S/C27H36N6/c1-8-28-33-15-14-23(18-20(33)2)21(3)26-12-13-27(29-22(26)4)30-24-10-9-11-25(19-24)32(7)17-16-31(5)6/h8,10,12-15,18-19H,2-3,9,11,16-17H2,1,4-7H3,(H,29,30)/b28-8-. The zero-order valence-electron chi connectivity index (χ0n) is 20.6. The first-order valence-corrected chi connectivity index (χ1v) is 11.4. The summed E-state index contributed by atoms with van der Waals surface area (Å²) < 4.78 is 0. The molecule has 2 aliphatic rings. The summed E-state index contributed by atoms with van der Waals surface area (Å²) >= 11 is 0. The number of pyridine rings is 1. The lowest BCUT2D eigenvalue weighted by molar-refractivity contribution is 0.319. The highest BCUT2D eigenvalue weighted by Gasteiger charge is 2.15. The Hall–Kier alpha value is -3.38. The minimum atomic E-state index is 0.804. The number of nitrogens with one attached hydrogen (secondary N) is 1. The third kappa shape index (κ3) is 6.33. The number of hydrogen-bond acceptors (Lipinski definition) is 6. The molecule has 0 spiro atoms. The first-order valence-electron chi connectivity index (χ1n) is 11.4. The smallest absolute Gasteiger partial charge is 0.130 e. The summed E-state index contributed by atoms with van der Waals surface area (Å²) in [6.45, 7) is 14.3. The fraction of sp³-hybridized carbons (Fsp3) is 0.333. The molecule has 0 saturated carbocycles. The van der Waals surface area contributed by atoms with Crippen molar-refractivity contribution in [2.75, 3.05) is 39.5 Å². The van der Waals surface area contributed by atoms with Gasteiger partial charge in [0.15, 0.2) is 0 Å². The number of hydrazone groups is 1. The highest BCUT2D eigenvalue weighted by atomic mass is 15.4. The van der Waals surface area contributed by atoms with Crippen LogP contribution in [-0.2, 0) is 0 Å². The van der Waals surface area contributed by atoms with Crippen LogP contribution in [0, 0.1) is 6.92 Å². The van der Waals surface area contributed by atoms with Crippen molar-refractivity contribution in [2.45, 2.75) is 26.7 Å². The van der Waals surface area contributed by atoms with Crippen LogP contribution in [-0.4, -0.2) is 60.2 Å². The Labute approximate surface area is 198 Å². The second kappa shape index (κ2) is 11.0. The highest BCUT2D eigenvalue weighted by molar-refractivity contribution is 5.82. The van der Waals surface area contributed by atoms with Gasteiger partial charge in [0.25, 0.3) is 0 Å². The van der Waals surface area contributed by atoms with E-state index in [4.69, 9.17) is 4.98 Å². The minimum Gasteiger partial charge on any atom is -0.377 e. The van der Waals surface area contributed by atoms with Gasteiger partial charge in [-0.25, -0.2) is 9.99 Å². The largest absolute Gasteiger partial charge is 0.377 e. The van der Waals surface area contributed by atoms with Crippen LogP contribution in [0.5, 0.6) is 0 Å². The van der Waals surface area contributed by atoms with Crippen molar-refractivity contribution >= 4 is 17.6 Å². The first kappa shape index (κ1) is 24.3. The molecular weight excluding hydrogens is 408 g/mol. The highest BCUT2D eigenvalue weighted by Crippen LogP contribution is 2.30. The maximum atomic E-state index is 4.81. The molecule has 0 aromatic carbocycles. The number of allylic oxidation sites excluding steroid dienone is 7. The lowest BCUT2D eigenvalue weighted by Gasteiger charge is -2.27. The van der Waals surface area contributed by atoms with Crippen molar-refractivity contribution in [3.05, 3.63) is 89.7 Å². The lowest BCUT2D eigenvalue weighted by atomic mass is 9.96. The summed E-state index contributed by atoms with van der Waals surface area (Å²) in [5.74, 6) is 0.838. The molecule has 0 unspecified atom stereocenters. The summed E-state index contributed by atoms with van der Waals surface area (Å²) in [4.78, 5) is 9.36. The summed E-state index contributed by atoms with van der Waals surface area (Å²) in [6.07, 6.45) is 14.2. The molecule has 6 nitrogen and oxygen atoms in total. The molecule has 3 rings (SSSR count). The van der Waals surface area contributed by atoms with Gasteiger partial charge in [0.05, 0.1) is 5.70 Å². The molecule has 2 heterocycles. The third-order valence-electron chi connectivity index (χ3n) is 5.74. The molecule has 1 aromatic heterocycles. The van der Waals surface area contributed by atoms with Crippen LogP contribution in [0.1, 0.15) is 31.0 Å². The number of likely N-dealkylation sites (N-methyl/N-ethyl adjacent to an activating group) is 2. The van der Waals surface area contributed by atoms with Crippen LogP contribution in [0.2, 0.25) is 0 Å². The Morgan fingerprint density at radius 1 is 1.24 bits per heavy atom. The molecule has 0 radical (unpaired) electrons. The zero-order chi connectivity index (χ0) is 24.0. The molecule has 174 valence electrons. The number of aromatic nitrogens is 1. The number of hydrogen-bond donors (Lipinski definition) is 1. The zero-order valence-corrected chi connectivity index (χ0v) is 20.6. The molecule has 1 aliphatic carbocycles. The number of rotatable bonds is 9. The van der Waals surface area contributed by atoms with Gasteiger partial charge >= 0.3 is 0 Å². The van der Waals surface area contributed by atoms with Crippen LogP contribution >= 0.6 is 0 Å². The fourth-order valence-electron chi connectivity index (χ4n) is 3.79. The lowest BCUT2D eigenvalue weighted by Crippen LogP contribution is -2.29. The summed E-state index contributed by atoms with van der Waals surface area (Å²) in [5.41, 5.74) is 7.13. The molecule has 1 N–H and O–H groups in total. The van der Waals surface area contributed by atoms with E-state index in [1.165, 1.54) is 5.70 Å². The molecule has 0 fully saturated rings. The van der Waals surface area contributed by atoms with Gasteiger partial charge in [0.1, 0.15) is 5.82 Å². The summed E-state index contributed by atoms with van der Waals surface area (Å²) in [7, 11) is 6.38. The van der Waals surface area contributed by atoms with Crippen molar-refractivity contribution in [1.82, 2.24) is 19.8 Å². The van der Waals surface area contributed by atoms with Crippen LogP contribution in [0.3, 0.4) is 0 Å². The normalized spacial score (nSPS) is 16.1. The molecule has 0 atom stereocenters. The fourth-order valence-corrected chi connectivity index (χ4v) is 3.79. The van der Waals surface area contributed by atoms with Gasteiger partial charge in [0, 0.05) is 55.2 Å². The van der Waals surface area contributed by atoms with E-state index < -0.39 is 0 Å². The molecule has 1 aromatic rings. The average molecular weight is 445 g/mol. The predicted octanol–water partition coefficient (Wildman–Crippen LogP) is 5.15. The minimum absolute atomic E-state index is 0.804. The van der Waals surface area contributed by atoms with Gasteiger partial charge < -0.3 is 15.1 Å². The Morgan fingerprint density at radius 2 is 2.03 bits per heavy atom. The van der Waals surface area contributed by atoms with E-state index in [9.17, 15) is 0 Å². The predicted molar refractivity (Wildman–Crippen MR) is 141 cm³/mol. The van der Waals surface area contributed by atoms with Crippen molar-refractivity contribution in [1.29, 1.82) is 0 Å². The topological polar surface area (TPSA) is 47.0 Å². The monoisotopic (exact) mass is 444 g/mol. The SMILES string of the molecule is C=C(C1=CC(=C)N(/N=C\C)C=C1)c1ccc(NC2=CCCC(N(C)CCN(C)C)=C2)nc1C. The van der Waals surface area contributed by atoms with Gasteiger partial charge in [0.2, 0.25) is 0 Å². The second-order valence-electron chi connectivity index (χ2n) is 8.62. The third-order valence-corrected chi connectivity index (χ3v) is 5.74. The van der Waals surface area contributed by atoms with E-state index in [1.807, 2.05) is 38.3 Å². The van der Waals surface area contributed by atoms with E-state index in [-0.39, 0.29) is 0 Å². The van der Waals surface area contributed by atoms with E-state index in [2.05, 4.69) is 72.7 Å². The van der Waals surface area contributed by atoms with E-state index in [1.54, 1.807) is 11.2 Å². The Kier molecular flexibility index (Phi) is 8.06. The first-order chi connectivity index (χ1) is 15.8. The number of aryl methyl sites for hydroxylation is 1.